The van der Waals surface area contributed by atoms with Crippen LogP contribution in [0.3, 0.4) is 0 Å². The van der Waals surface area contributed by atoms with E-state index < -0.39 is 24.0 Å². The van der Waals surface area contributed by atoms with Gasteiger partial charge in [0.05, 0.1) is 11.6 Å². The van der Waals surface area contributed by atoms with Crippen molar-refractivity contribution in [2.45, 2.75) is 38.8 Å². The maximum atomic E-state index is 12.4. The van der Waals surface area contributed by atoms with E-state index in [0.717, 1.165) is 0 Å². The Labute approximate surface area is 141 Å². The number of hydroxylamine groups is 1. The maximum absolute atomic E-state index is 12.4. The Kier molecular flexibility index (Phi) is 5.92. The van der Waals surface area contributed by atoms with Crippen molar-refractivity contribution in [2.24, 2.45) is 11.7 Å². The third kappa shape index (κ3) is 4.11. The van der Waals surface area contributed by atoms with Crippen molar-refractivity contribution in [2.75, 3.05) is 6.54 Å². The molecule has 2 amide bonds. The number of carbonyl (C=O) groups excluding carboxylic acids is 3. The van der Waals surface area contributed by atoms with Crippen LogP contribution in [0.15, 0.2) is 30.3 Å². The zero-order valence-corrected chi connectivity index (χ0v) is 13.9. The molecule has 0 aromatic heterocycles. The Morgan fingerprint density at radius 3 is 2.54 bits per heavy atom. The van der Waals surface area contributed by atoms with Gasteiger partial charge in [0.15, 0.2) is 0 Å². The van der Waals surface area contributed by atoms with Crippen LogP contribution in [0.2, 0.25) is 0 Å². The Morgan fingerprint density at radius 2 is 1.92 bits per heavy atom. The zero-order chi connectivity index (χ0) is 17.7. The van der Waals surface area contributed by atoms with Crippen LogP contribution in [0.4, 0.5) is 0 Å². The molecule has 7 nitrogen and oxygen atoms in total. The highest BCUT2D eigenvalue weighted by Gasteiger charge is 2.37. The summed E-state index contributed by atoms with van der Waals surface area (Å²) in [7, 11) is 0. The summed E-state index contributed by atoms with van der Waals surface area (Å²) in [6.07, 6.45) is 1.23. The van der Waals surface area contributed by atoms with Crippen molar-refractivity contribution < 1.29 is 19.2 Å². The highest BCUT2D eigenvalue weighted by atomic mass is 16.7. The minimum absolute atomic E-state index is 0.0160. The lowest BCUT2D eigenvalue weighted by molar-refractivity contribution is -0.144. The first kappa shape index (κ1) is 17.9. The standard InChI is InChI=1S/C17H23N3O4/c1-11(2)14(18)16(22)20-10-6-9-13(20)15(21)19-24-17(23)12-7-4-3-5-8-12/h3-5,7-8,11,13-14H,6,9-10,18H2,1-2H3,(H,19,21)/t13-,14+/m1/s1. The molecule has 1 aliphatic heterocycles. The van der Waals surface area contributed by atoms with Gasteiger partial charge in [-0.05, 0) is 30.9 Å². The first-order chi connectivity index (χ1) is 11.4. The van der Waals surface area contributed by atoms with E-state index in [1.807, 2.05) is 13.8 Å². The molecule has 0 bridgehead atoms. The van der Waals surface area contributed by atoms with E-state index in [9.17, 15) is 14.4 Å². The number of likely N-dealkylation sites (tertiary alicyclic amines) is 1. The lowest BCUT2D eigenvalue weighted by Crippen LogP contribution is -2.52. The molecule has 0 radical (unpaired) electrons. The van der Waals surface area contributed by atoms with Crippen molar-refractivity contribution in [3.8, 4) is 0 Å². The van der Waals surface area contributed by atoms with Crippen LogP contribution in [0.1, 0.15) is 37.0 Å². The van der Waals surface area contributed by atoms with Crippen molar-refractivity contribution in [3.63, 3.8) is 0 Å². The van der Waals surface area contributed by atoms with Crippen LogP contribution >= 0.6 is 0 Å². The van der Waals surface area contributed by atoms with Crippen LogP contribution in [-0.4, -0.2) is 41.3 Å². The second kappa shape index (κ2) is 7.92. The molecule has 2 rings (SSSR count). The van der Waals surface area contributed by atoms with Crippen molar-refractivity contribution in [3.05, 3.63) is 35.9 Å². The molecule has 1 saturated heterocycles. The van der Waals surface area contributed by atoms with E-state index in [1.165, 1.54) is 4.90 Å². The van der Waals surface area contributed by atoms with Crippen LogP contribution < -0.4 is 11.2 Å². The highest BCUT2D eigenvalue weighted by Crippen LogP contribution is 2.19. The zero-order valence-electron chi connectivity index (χ0n) is 13.9. The van der Waals surface area contributed by atoms with Crippen molar-refractivity contribution in [1.29, 1.82) is 0 Å². The highest BCUT2D eigenvalue weighted by molar-refractivity contribution is 5.93. The Bertz CT molecular complexity index is 603. The lowest BCUT2D eigenvalue weighted by atomic mass is 10.0. The summed E-state index contributed by atoms with van der Waals surface area (Å²) in [4.78, 5) is 42.8. The molecule has 0 saturated carbocycles. The van der Waals surface area contributed by atoms with Gasteiger partial charge in [0.2, 0.25) is 5.91 Å². The number of rotatable bonds is 4. The molecule has 1 aliphatic rings. The lowest BCUT2D eigenvalue weighted by Gasteiger charge is -2.27. The summed E-state index contributed by atoms with van der Waals surface area (Å²) in [6.45, 7) is 4.19. The van der Waals surface area contributed by atoms with Crippen LogP contribution in [0.5, 0.6) is 0 Å². The average molecular weight is 333 g/mol. The number of carbonyl (C=O) groups is 3. The number of benzene rings is 1. The van der Waals surface area contributed by atoms with Gasteiger partial charge in [-0.2, -0.15) is 5.48 Å². The molecular weight excluding hydrogens is 310 g/mol. The van der Waals surface area contributed by atoms with Crippen LogP contribution in [0.25, 0.3) is 0 Å². The average Bonchev–Trinajstić information content (AvgIpc) is 3.08. The number of nitrogens with two attached hydrogens (primary N) is 1. The van der Waals surface area contributed by atoms with Gasteiger partial charge in [-0.1, -0.05) is 32.0 Å². The van der Waals surface area contributed by atoms with Gasteiger partial charge in [0, 0.05) is 6.54 Å². The summed E-state index contributed by atoms with van der Waals surface area (Å²) in [5, 5.41) is 0. The van der Waals surface area contributed by atoms with Gasteiger partial charge in [-0.15, -0.1) is 0 Å². The largest absolute Gasteiger partial charge is 0.362 e. The fourth-order valence-electron chi connectivity index (χ4n) is 2.58. The number of nitrogens with one attached hydrogen (secondary N) is 1. The molecular formula is C17H23N3O4. The molecule has 0 spiro atoms. The predicted molar refractivity (Wildman–Crippen MR) is 87.5 cm³/mol. The number of hydrogen-bond acceptors (Lipinski definition) is 5. The minimum Gasteiger partial charge on any atom is -0.335 e. The molecule has 2 atom stereocenters. The molecule has 24 heavy (non-hydrogen) atoms. The third-order valence-corrected chi connectivity index (χ3v) is 4.10. The van der Waals surface area contributed by atoms with Crippen LogP contribution in [-0.2, 0) is 14.4 Å². The van der Waals surface area contributed by atoms with E-state index in [1.54, 1.807) is 30.3 Å². The fourth-order valence-corrected chi connectivity index (χ4v) is 2.58. The summed E-state index contributed by atoms with van der Waals surface area (Å²) < 4.78 is 0. The van der Waals surface area contributed by atoms with Gasteiger partial charge >= 0.3 is 5.97 Å². The maximum Gasteiger partial charge on any atom is 0.362 e. The first-order valence-electron chi connectivity index (χ1n) is 8.04. The van der Waals surface area contributed by atoms with E-state index in [0.29, 0.717) is 24.9 Å². The Balaban J connectivity index is 1.93. The summed E-state index contributed by atoms with van der Waals surface area (Å²) in [5.74, 6) is -1.44. The molecule has 1 fully saturated rings. The van der Waals surface area contributed by atoms with Gasteiger partial charge in [0.1, 0.15) is 6.04 Å². The number of hydrogen-bond donors (Lipinski definition) is 2. The van der Waals surface area contributed by atoms with Crippen molar-refractivity contribution in [1.82, 2.24) is 10.4 Å². The molecule has 130 valence electrons. The van der Waals surface area contributed by atoms with Crippen LogP contribution in [0, 0.1) is 5.92 Å². The monoisotopic (exact) mass is 333 g/mol. The molecule has 7 heteroatoms. The molecule has 1 aromatic carbocycles. The van der Waals surface area contributed by atoms with Gasteiger partial charge in [-0.3, -0.25) is 9.59 Å². The first-order valence-corrected chi connectivity index (χ1v) is 8.04. The number of nitrogens with zero attached hydrogens (tertiary/aromatic N) is 1. The van der Waals surface area contributed by atoms with E-state index in [-0.39, 0.29) is 11.8 Å². The summed E-state index contributed by atoms with van der Waals surface area (Å²) in [5.41, 5.74) is 8.38. The van der Waals surface area contributed by atoms with E-state index >= 15 is 0 Å². The van der Waals surface area contributed by atoms with E-state index in [4.69, 9.17) is 10.6 Å². The topological polar surface area (TPSA) is 102 Å². The minimum atomic E-state index is -0.661. The smallest absolute Gasteiger partial charge is 0.335 e. The Morgan fingerprint density at radius 1 is 1.25 bits per heavy atom. The third-order valence-electron chi connectivity index (χ3n) is 4.10. The number of amides is 2. The molecule has 1 heterocycles. The molecule has 1 aromatic rings. The van der Waals surface area contributed by atoms with Gasteiger partial charge in [0.25, 0.3) is 5.91 Å². The second-order valence-electron chi connectivity index (χ2n) is 6.18. The molecule has 0 unspecified atom stereocenters. The summed E-state index contributed by atoms with van der Waals surface area (Å²) in [6, 6.07) is 7.03. The van der Waals surface area contributed by atoms with Gasteiger partial charge in [-0.25, -0.2) is 4.79 Å². The van der Waals surface area contributed by atoms with Crippen molar-refractivity contribution >= 4 is 17.8 Å². The second-order valence-corrected chi connectivity index (χ2v) is 6.18. The SMILES string of the molecule is CC(C)[C@H](N)C(=O)N1CCC[C@@H]1C(=O)NOC(=O)c1ccccc1. The normalized spacial score (nSPS) is 18.3. The molecule has 3 N–H and O–H groups in total. The van der Waals surface area contributed by atoms with E-state index in [2.05, 4.69) is 5.48 Å². The van der Waals surface area contributed by atoms with Gasteiger partial charge < -0.3 is 15.5 Å². The Hall–Kier alpha value is -2.41. The summed E-state index contributed by atoms with van der Waals surface area (Å²) >= 11 is 0. The fraction of sp³-hybridized carbons (Fsp3) is 0.471. The predicted octanol–water partition coefficient (Wildman–Crippen LogP) is 0.849. The quantitative estimate of drug-likeness (QED) is 0.795. The molecule has 0 aliphatic carbocycles.